The lowest BCUT2D eigenvalue weighted by atomic mass is 9.95. The maximum atomic E-state index is 12.7. The molecule has 0 radical (unpaired) electrons. The van der Waals surface area contributed by atoms with Crippen molar-refractivity contribution in [2.24, 2.45) is 0 Å². The van der Waals surface area contributed by atoms with E-state index in [1.54, 1.807) is 6.20 Å². The van der Waals surface area contributed by atoms with Crippen LogP contribution in [0.4, 0.5) is 19.0 Å². The van der Waals surface area contributed by atoms with Gasteiger partial charge in [0, 0.05) is 17.8 Å². The fourth-order valence-electron chi connectivity index (χ4n) is 3.07. The third-order valence-electron chi connectivity index (χ3n) is 4.38. The van der Waals surface area contributed by atoms with E-state index in [0.717, 1.165) is 30.5 Å². The highest BCUT2D eigenvalue weighted by Gasteiger charge is 2.30. The van der Waals surface area contributed by atoms with Crippen LogP contribution >= 0.6 is 0 Å². The molecule has 1 N–H and O–H groups in total. The van der Waals surface area contributed by atoms with Crippen molar-refractivity contribution in [1.82, 2.24) is 9.97 Å². The number of alkyl halides is 3. The lowest BCUT2D eigenvalue weighted by Gasteiger charge is -2.24. The van der Waals surface area contributed by atoms with Gasteiger partial charge in [-0.15, -0.1) is 0 Å². The second-order valence-electron chi connectivity index (χ2n) is 6.23. The molecule has 0 unspecified atom stereocenters. The van der Waals surface area contributed by atoms with Gasteiger partial charge in [0.05, 0.1) is 5.56 Å². The van der Waals surface area contributed by atoms with Gasteiger partial charge in [-0.1, -0.05) is 31.4 Å². The zero-order valence-electron chi connectivity index (χ0n) is 13.5. The number of aromatic nitrogens is 2. The van der Waals surface area contributed by atoms with Crippen LogP contribution in [-0.2, 0) is 6.18 Å². The Morgan fingerprint density at radius 1 is 1.04 bits per heavy atom. The lowest BCUT2D eigenvalue weighted by Crippen LogP contribution is -2.23. The SMILES string of the molecule is Cc1ncc(-c2ccc(C(F)(F)F)cc2)c(NC2CCCCC2)n1. The van der Waals surface area contributed by atoms with Crippen LogP contribution in [0, 0.1) is 6.92 Å². The van der Waals surface area contributed by atoms with Gasteiger partial charge < -0.3 is 5.32 Å². The minimum absolute atomic E-state index is 0.362. The van der Waals surface area contributed by atoms with Crippen LogP contribution in [-0.4, -0.2) is 16.0 Å². The average Bonchev–Trinajstić information content (AvgIpc) is 2.55. The Balaban J connectivity index is 1.89. The highest BCUT2D eigenvalue weighted by atomic mass is 19.4. The molecule has 1 fully saturated rings. The molecule has 1 saturated carbocycles. The Bertz CT molecular complexity index is 690. The summed E-state index contributed by atoms with van der Waals surface area (Å²) in [6.45, 7) is 1.81. The van der Waals surface area contributed by atoms with E-state index in [-0.39, 0.29) is 0 Å². The molecule has 3 rings (SSSR count). The molecule has 6 heteroatoms. The van der Waals surface area contributed by atoms with Gasteiger partial charge in [0.15, 0.2) is 0 Å². The zero-order chi connectivity index (χ0) is 17.2. The molecule has 24 heavy (non-hydrogen) atoms. The average molecular weight is 335 g/mol. The number of aryl methyl sites for hydroxylation is 1. The quantitative estimate of drug-likeness (QED) is 0.836. The molecule has 0 saturated heterocycles. The minimum Gasteiger partial charge on any atom is -0.367 e. The molecule has 1 heterocycles. The van der Waals surface area contributed by atoms with Crippen LogP contribution in [0.3, 0.4) is 0 Å². The summed E-state index contributed by atoms with van der Waals surface area (Å²) in [6, 6.07) is 5.51. The van der Waals surface area contributed by atoms with E-state index in [2.05, 4.69) is 15.3 Å². The van der Waals surface area contributed by atoms with Gasteiger partial charge in [-0.05, 0) is 37.5 Å². The van der Waals surface area contributed by atoms with Crippen molar-refractivity contribution in [1.29, 1.82) is 0 Å². The lowest BCUT2D eigenvalue weighted by molar-refractivity contribution is -0.137. The standard InChI is InChI=1S/C18H20F3N3/c1-12-22-11-16(13-7-9-14(10-8-13)18(19,20)21)17(23-12)24-15-5-3-2-4-6-15/h7-11,15H,2-6H2,1H3,(H,22,23,24). The second kappa shape index (κ2) is 6.79. The highest BCUT2D eigenvalue weighted by molar-refractivity contribution is 5.74. The Kier molecular flexibility index (Phi) is 4.73. The van der Waals surface area contributed by atoms with Gasteiger partial charge in [-0.3, -0.25) is 0 Å². The van der Waals surface area contributed by atoms with Gasteiger partial charge >= 0.3 is 6.18 Å². The van der Waals surface area contributed by atoms with Crippen LogP contribution in [0.1, 0.15) is 43.5 Å². The van der Waals surface area contributed by atoms with Crippen LogP contribution in [0.15, 0.2) is 30.5 Å². The maximum absolute atomic E-state index is 12.7. The Labute approximate surface area is 139 Å². The van der Waals surface area contributed by atoms with Gasteiger partial charge in [0.1, 0.15) is 11.6 Å². The predicted octanol–water partition coefficient (Wildman–Crippen LogP) is 5.22. The number of nitrogens with one attached hydrogen (secondary N) is 1. The van der Waals surface area contributed by atoms with E-state index in [4.69, 9.17) is 0 Å². The predicted molar refractivity (Wildman–Crippen MR) is 87.7 cm³/mol. The van der Waals surface area contributed by atoms with Crippen LogP contribution in [0.2, 0.25) is 0 Å². The summed E-state index contributed by atoms with van der Waals surface area (Å²) < 4.78 is 38.2. The third kappa shape index (κ3) is 3.86. The van der Waals surface area contributed by atoms with Crippen molar-refractivity contribution in [2.45, 2.75) is 51.2 Å². The van der Waals surface area contributed by atoms with E-state index in [0.29, 0.717) is 23.2 Å². The van der Waals surface area contributed by atoms with Gasteiger partial charge in [0.25, 0.3) is 0 Å². The Morgan fingerprint density at radius 2 is 1.71 bits per heavy atom. The van der Waals surface area contributed by atoms with E-state index in [1.165, 1.54) is 31.4 Å². The van der Waals surface area contributed by atoms with Crippen LogP contribution < -0.4 is 5.32 Å². The molecular weight excluding hydrogens is 315 g/mol. The molecule has 3 nitrogen and oxygen atoms in total. The van der Waals surface area contributed by atoms with Crippen molar-refractivity contribution in [3.8, 4) is 11.1 Å². The fraction of sp³-hybridized carbons (Fsp3) is 0.444. The summed E-state index contributed by atoms with van der Waals surface area (Å²) in [5.41, 5.74) is 0.766. The van der Waals surface area contributed by atoms with Crippen LogP contribution in [0.5, 0.6) is 0 Å². The summed E-state index contributed by atoms with van der Waals surface area (Å²) >= 11 is 0. The number of hydrogen-bond donors (Lipinski definition) is 1. The molecule has 0 atom stereocenters. The first kappa shape index (κ1) is 16.7. The van der Waals surface area contributed by atoms with Gasteiger partial charge in [-0.2, -0.15) is 13.2 Å². The first-order valence-electron chi connectivity index (χ1n) is 8.21. The van der Waals surface area contributed by atoms with E-state index in [1.807, 2.05) is 6.92 Å². The first-order chi connectivity index (χ1) is 11.4. The molecule has 1 aromatic heterocycles. The molecule has 0 spiro atoms. The summed E-state index contributed by atoms with van der Waals surface area (Å²) in [4.78, 5) is 8.68. The number of anilines is 1. The largest absolute Gasteiger partial charge is 0.416 e. The number of benzene rings is 1. The molecule has 1 aliphatic rings. The van der Waals surface area contributed by atoms with Crippen molar-refractivity contribution in [3.05, 3.63) is 41.9 Å². The monoisotopic (exact) mass is 335 g/mol. The number of nitrogens with zero attached hydrogens (tertiary/aromatic N) is 2. The summed E-state index contributed by atoms with van der Waals surface area (Å²) in [7, 11) is 0. The third-order valence-corrected chi connectivity index (χ3v) is 4.38. The topological polar surface area (TPSA) is 37.8 Å². The summed E-state index contributed by atoms with van der Waals surface area (Å²) in [5, 5.41) is 3.46. The summed E-state index contributed by atoms with van der Waals surface area (Å²) in [5.74, 6) is 1.35. The maximum Gasteiger partial charge on any atom is 0.416 e. The molecule has 1 aromatic carbocycles. The van der Waals surface area contributed by atoms with E-state index >= 15 is 0 Å². The van der Waals surface area contributed by atoms with Crippen molar-refractivity contribution < 1.29 is 13.2 Å². The smallest absolute Gasteiger partial charge is 0.367 e. The van der Waals surface area contributed by atoms with Crippen LogP contribution in [0.25, 0.3) is 11.1 Å². The number of hydrogen-bond acceptors (Lipinski definition) is 3. The van der Waals surface area contributed by atoms with E-state index in [9.17, 15) is 13.2 Å². The van der Waals surface area contributed by atoms with Crippen molar-refractivity contribution in [3.63, 3.8) is 0 Å². The fourth-order valence-corrected chi connectivity index (χ4v) is 3.07. The molecule has 1 aliphatic carbocycles. The first-order valence-corrected chi connectivity index (χ1v) is 8.21. The molecule has 128 valence electrons. The number of halogens is 3. The molecule has 0 aliphatic heterocycles. The van der Waals surface area contributed by atoms with Crippen molar-refractivity contribution >= 4 is 5.82 Å². The summed E-state index contributed by atoms with van der Waals surface area (Å²) in [6.07, 6.45) is 3.17. The second-order valence-corrected chi connectivity index (χ2v) is 6.23. The highest BCUT2D eigenvalue weighted by Crippen LogP contribution is 2.33. The molecule has 0 amide bonds. The molecular formula is C18H20F3N3. The van der Waals surface area contributed by atoms with Gasteiger partial charge in [-0.25, -0.2) is 9.97 Å². The number of rotatable bonds is 3. The molecule has 2 aromatic rings. The molecule has 0 bridgehead atoms. The van der Waals surface area contributed by atoms with E-state index < -0.39 is 11.7 Å². The zero-order valence-corrected chi connectivity index (χ0v) is 13.5. The van der Waals surface area contributed by atoms with Crippen molar-refractivity contribution in [2.75, 3.05) is 5.32 Å². The Morgan fingerprint density at radius 3 is 2.33 bits per heavy atom. The Hall–Kier alpha value is -2.11. The van der Waals surface area contributed by atoms with Gasteiger partial charge in [0.2, 0.25) is 0 Å². The normalized spacial score (nSPS) is 16.2. The minimum atomic E-state index is -4.33.